The summed E-state index contributed by atoms with van der Waals surface area (Å²) in [7, 11) is 0. The first kappa shape index (κ1) is 8.57. The standard InChI is InChI=1S/C11H15NO/c12-10-5-2-1-4-9(8-10)11-6-3-7-13-11/h3,6-8,10H,1-2,4-5,12H2. The molecular weight excluding hydrogens is 162 g/mol. The van der Waals surface area contributed by atoms with Gasteiger partial charge in [-0.1, -0.05) is 12.5 Å². The molecule has 1 heterocycles. The van der Waals surface area contributed by atoms with Gasteiger partial charge in [0.1, 0.15) is 5.76 Å². The van der Waals surface area contributed by atoms with Crippen LogP contribution in [0.3, 0.4) is 0 Å². The monoisotopic (exact) mass is 177 g/mol. The van der Waals surface area contributed by atoms with Crippen LogP contribution in [-0.2, 0) is 0 Å². The predicted octanol–water partition coefficient (Wildman–Crippen LogP) is 2.56. The average Bonchev–Trinajstić information content (AvgIpc) is 2.56. The Morgan fingerprint density at radius 1 is 1.38 bits per heavy atom. The van der Waals surface area contributed by atoms with Gasteiger partial charge in [-0.05, 0) is 37.0 Å². The van der Waals surface area contributed by atoms with Crippen molar-refractivity contribution in [3.63, 3.8) is 0 Å². The Labute approximate surface area is 78.4 Å². The molecule has 2 rings (SSSR count). The number of hydrogen-bond acceptors (Lipinski definition) is 2. The number of rotatable bonds is 1. The van der Waals surface area contributed by atoms with Crippen molar-refractivity contribution in [1.29, 1.82) is 0 Å². The Bertz CT molecular complexity index is 287. The Kier molecular flexibility index (Phi) is 2.50. The smallest absolute Gasteiger partial charge is 0.129 e. The zero-order valence-corrected chi connectivity index (χ0v) is 7.70. The molecule has 2 nitrogen and oxygen atoms in total. The molecule has 13 heavy (non-hydrogen) atoms. The van der Waals surface area contributed by atoms with Crippen molar-refractivity contribution < 1.29 is 4.42 Å². The fraction of sp³-hybridized carbons (Fsp3) is 0.455. The van der Waals surface area contributed by atoms with Crippen LogP contribution < -0.4 is 5.73 Å². The van der Waals surface area contributed by atoms with Gasteiger partial charge in [-0.15, -0.1) is 0 Å². The van der Waals surface area contributed by atoms with Crippen molar-refractivity contribution in [2.24, 2.45) is 5.73 Å². The molecule has 0 aliphatic heterocycles. The maximum Gasteiger partial charge on any atom is 0.129 e. The molecule has 0 saturated carbocycles. The van der Waals surface area contributed by atoms with Gasteiger partial charge in [-0.25, -0.2) is 0 Å². The highest BCUT2D eigenvalue weighted by molar-refractivity contribution is 5.62. The predicted molar refractivity (Wildman–Crippen MR) is 53.1 cm³/mol. The highest BCUT2D eigenvalue weighted by atomic mass is 16.3. The summed E-state index contributed by atoms with van der Waals surface area (Å²) in [6, 6.07) is 4.14. The summed E-state index contributed by atoms with van der Waals surface area (Å²) in [5, 5.41) is 0. The summed E-state index contributed by atoms with van der Waals surface area (Å²) in [5.41, 5.74) is 7.19. The van der Waals surface area contributed by atoms with Crippen LogP contribution in [0.4, 0.5) is 0 Å². The van der Waals surface area contributed by atoms with Crippen LogP contribution in [0.15, 0.2) is 28.9 Å². The zero-order valence-electron chi connectivity index (χ0n) is 7.70. The fourth-order valence-electron chi connectivity index (χ4n) is 1.79. The zero-order chi connectivity index (χ0) is 9.10. The highest BCUT2D eigenvalue weighted by Crippen LogP contribution is 2.25. The third-order valence-corrected chi connectivity index (χ3v) is 2.49. The first-order valence-electron chi connectivity index (χ1n) is 4.86. The van der Waals surface area contributed by atoms with Gasteiger partial charge in [0, 0.05) is 6.04 Å². The highest BCUT2D eigenvalue weighted by Gasteiger charge is 2.11. The first-order valence-corrected chi connectivity index (χ1v) is 4.86. The van der Waals surface area contributed by atoms with E-state index in [1.807, 2.05) is 12.1 Å². The van der Waals surface area contributed by atoms with Crippen molar-refractivity contribution in [3.8, 4) is 0 Å². The summed E-state index contributed by atoms with van der Waals surface area (Å²) in [6.45, 7) is 0. The van der Waals surface area contributed by atoms with Gasteiger partial charge in [0.05, 0.1) is 6.26 Å². The van der Waals surface area contributed by atoms with Crippen molar-refractivity contribution >= 4 is 5.57 Å². The van der Waals surface area contributed by atoms with E-state index in [4.69, 9.17) is 10.2 Å². The normalized spacial score (nSPS) is 23.8. The minimum Gasteiger partial charge on any atom is -0.465 e. The molecule has 2 N–H and O–H groups in total. The lowest BCUT2D eigenvalue weighted by atomic mass is 10.1. The van der Waals surface area contributed by atoms with Gasteiger partial charge >= 0.3 is 0 Å². The SMILES string of the molecule is NC1C=C(c2ccco2)CCCC1. The number of allylic oxidation sites excluding steroid dienone is 1. The molecule has 0 spiro atoms. The van der Waals surface area contributed by atoms with Gasteiger partial charge < -0.3 is 10.2 Å². The molecule has 1 aromatic heterocycles. The quantitative estimate of drug-likeness (QED) is 0.716. The summed E-state index contributed by atoms with van der Waals surface area (Å²) in [5.74, 6) is 0.984. The van der Waals surface area contributed by atoms with Crippen LogP contribution in [0.5, 0.6) is 0 Å². The molecule has 0 aromatic carbocycles. The number of nitrogens with two attached hydrogens (primary N) is 1. The number of furan rings is 1. The van der Waals surface area contributed by atoms with E-state index in [-0.39, 0.29) is 6.04 Å². The molecule has 0 bridgehead atoms. The van der Waals surface area contributed by atoms with Crippen LogP contribution in [0.2, 0.25) is 0 Å². The Morgan fingerprint density at radius 3 is 3.08 bits per heavy atom. The second-order valence-electron chi connectivity index (χ2n) is 3.58. The summed E-state index contributed by atoms with van der Waals surface area (Å²) in [4.78, 5) is 0. The molecule has 1 atom stereocenters. The summed E-state index contributed by atoms with van der Waals surface area (Å²) in [6.07, 6.45) is 8.51. The second kappa shape index (κ2) is 3.79. The van der Waals surface area contributed by atoms with Gasteiger partial charge in [0.25, 0.3) is 0 Å². The van der Waals surface area contributed by atoms with E-state index in [1.54, 1.807) is 6.26 Å². The van der Waals surface area contributed by atoms with Gasteiger partial charge in [0.2, 0.25) is 0 Å². The Balaban J connectivity index is 2.21. The van der Waals surface area contributed by atoms with Crippen molar-refractivity contribution in [1.82, 2.24) is 0 Å². The van der Waals surface area contributed by atoms with E-state index in [1.165, 1.54) is 18.4 Å². The van der Waals surface area contributed by atoms with Gasteiger partial charge in [-0.2, -0.15) is 0 Å². The van der Waals surface area contributed by atoms with Crippen LogP contribution in [0, 0.1) is 0 Å². The minimum atomic E-state index is 0.211. The molecule has 2 heteroatoms. The van der Waals surface area contributed by atoms with E-state index in [0.717, 1.165) is 18.6 Å². The molecule has 0 radical (unpaired) electrons. The van der Waals surface area contributed by atoms with E-state index in [9.17, 15) is 0 Å². The molecule has 1 aliphatic carbocycles. The maximum absolute atomic E-state index is 5.91. The molecule has 1 unspecified atom stereocenters. The van der Waals surface area contributed by atoms with Crippen LogP contribution in [-0.4, -0.2) is 6.04 Å². The molecule has 1 aromatic rings. The van der Waals surface area contributed by atoms with Gasteiger partial charge in [0.15, 0.2) is 0 Å². The minimum absolute atomic E-state index is 0.211. The lowest BCUT2D eigenvalue weighted by molar-refractivity contribution is 0.549. The largest absolute Gasteiger partial charge is 0.465 e. The molecule has 0 amide bonds. The van der Waals surface area contributed by atoms with E-state index in [2.05, 4.69) is 6.08 Å². The molecular formula is C11H15NO. The second-order valence-corrected chi connectivity index (χ2v) is 3.58. The van der Waals surface area contributed by atoms with Gasteiger partial charge in [-0.3, -0.25) is 0 Å². The fourth-order valence-corrected chi connectivity index (χ4v) is 1.79. The maximum atomic E-state index is 5.91. The van der Waals surface area contributed by atoms with E-state index < -0.39 is 0 Å². The summed E-state index contributed by atoms with van der Waals surface area (Å²) < 4.78 is 5.35. The number of hydrogen-bond donors (Lipinski definition) is 1. The average molecular weight is 177 g/mol. The lowest BCUT2D eigenvalue weighted by Crippen LogP contribution is -2.15. The van der Waals surface area contributed by atoms with Crippen molar-refractivity contribution in [2.45, 2.75) is 31.7 Å². The van der Waals surface area contributed by atoms with Crippen LogP contribution in [0.1, 0.15) is 31.4 Å². The Hall–Kier alpha value is -1.02. The molecule has 1 aliphatic rings. The molecule has 0 fully saturated rings. The topological polar surface area (TPSA) is 39.2 Å². The molecule has 70 valence electrons. The third-order valence-electron chi connectivity index (χ3n) is 2.49. The first-order chi connectivity index (χ1) is 6.36. The third kappa shape index (κ3) is 2.01. The van der Waals surface area contributed by atoms with Crippen LogP contribution >= 0.6 is 0 Å². The van der Waals surface area contributed by atoms with E-state index in [0.29, 0.717) is 0 Å². The molecule has 0 saturated heterocycles. The summed E-state index contributed by atoms with van der Waals surface area (Å²) >= 11 is 0. The van der Waals surface area contributed by atoms with Crippen molar-refractivity contribution in [2.75, 3.05) is 0 Å². The van der Waals surface area contributed by atoms with Crippen molar-refractivity contribution in [3.05, 3.63) is 30.2 Å². The van der Waals surface area contributed by atoms with E-state index >= 15 is 0 Å². The lowest BCUT2D eigenvalue weighted by Gasteiger charge is -2.02. The van der Waals surface area contributed by atoms with Crippen LogP contribution in [0.25, 0.3) is 5.57 Å². The Morgan fingerprint density at radius 2 is 2.31 bits per heavy atom.